The predicted molar refractivity (Wildman–Crippen MR) is 97.8 cm³/mol. The van der Waals surface area contributed by atoms with Crippen LogP contribution in [0.25, 0.3) is 0 Å². The first-order chi connectivity index (χ1) is 11.9. The van der Waals surface area contributed by atoms with Gasteiger partial charge in [-0.15, -0.1) is 0 Å². The molecule has 0 aromatic heterocycles. The third-order valence-electron chi connectivity index (χ3n) is 3.78. The third-order valence-corrected chi connectivity index (χ3v) is 5.18. The Morgan fingerprint density at radius 2 is 1.80 bits per heavy atom. The Kier molecular flexibility index (Phi) is 6.69. The van der Waals surface area contributed by atoms with E-state index in [1.165, 1.54) is 12.1 Å². The van der Waals surface area contributed by atoms with Crippen LogP contribution in [0.5, 0.6) is 0 Å². The molecule has 134 valence electrons. The number of amides is 1. The average Bonchev–Trinajstić information content (AvgIpc) is 2.65. The lowest BCUT2D eigenvalue weighted by atomic mass is 10.2. The van der Waals surface area contributed by atoms with Gasteiger partial charge in [0.1, 0.15) is 0 Å². The Morgan fingerprint density at radius 3 is 2.48 bits per heavy atom. The van der Waals surface area contributed by atoms with E-state index in [0.717, 1.165) is 5.56 Å². The van der Waals surface area contributed by atoms with Gasteiger partial charge in [0.2, 0.25) is 10.0 Å². The van der Waals surface area contributed by atoms with Gasteiger partial charge in [0, 0.05) is 24.7 Å². The first kappa shape index (κ1) is 19.1. The lowest BCUT2D eigenvalue weighted by molar-refractivity contribution is 0.0950. The van der Waals surface area contributed by atoms with Gasteiger partial charge in [-0.1, -0.05) is 36.4 Å². The van der Waals surface area contributed by atoms with Gasteiger partial charge in [-0.25, -0.2) is 13.1 Å². The van der Waals surface area contributed by atoms with Crippen LogP contribution in [-0.4, -0.2) is 34.0 Å². The molecule has 2 rings (SSSR count). The molecule has 0 aliphatic rings. The maximum absolute atomic E-state index is 12.4. The maximum Gasteiger partial charge on any atom is 0.251 e. The van der Waals surface area contributed by atoms with Crippen molar-refractivity contribution in [1.82, 2.24) is 15.4 Å². The van der Waals surface area contributed by atoms with E-state index in [-0.39, 0.29) is 23.4 Å². The Bertz CT molecular complexity index is 807. The van der Waals surface area contributed by atoms with E-state index < -0.39 is 10.0 Å². The lowest BCUT2D eigenvalue weighted by Gasteiger charge is -2.12. The fourth-order valence-electron chi connectivity index (χ4n) is 2.11. The molecule has 0 fully saturated rings. The molecule has 0 heterocycles. The number of carbonyl (C=O) groups is 1. The smallest absolute Gasteiger partial charge is 0.251 e. The minimum Gasteiger partial charge on any atom is -0.350 e. The molecule has 1 amide bonds. The van der Waals surface area contributed by atoms with Crippen LogP contribution in [0.4, 0.5) is 0 Å². The lowest BCUT2D eigenvalue weighted by Crippen LogP contribution is -2.37. The second-order valence-corrected chi connectivity index (χ2v) is 7.50. The van der Waals surface area contributed by atoms with E-state index in [2.05, 4.69) is 15.4 Å². The number of hydrogen-bond acceptors (Lipinski definition) is 4. The van der Waals surface area contributed by atoms with Gasteiger partial charge in [-0.05, 0) is 37.7 Å². The monoisotopic (exact) mass is 361 g/mol. The van der Waals surface area contributed by atoms with Gasteiger partial charge in [0.15, 0.2) is 0 Å². The van der Waals surface area contributed by atoms with Crippen LogP contribution >= 0.6 is 0 Å². The second kappa shape index (κ2) is 8.75. The third kappa shape index (κ3) is 5.67. The molecule has 2 aromatic rings. The van der Waals surface area contributed by atoms with Crippen molar-refractivity contribution < 1.29 is 13.2 Å². The number of sulfonamides is 1. The molecule has 6 nitrogen and oxygen atoms in total. The van der Waals surface area contributed by atoms with Crippen molar-refractivity contribution in [2.45, 2.75) is 24.4 Å². The number of nitrogens with one attached hydrogen (secondary N) is 3. The van der Waals surface area contributed by atoms with Crippen LogP contribution in [0.1, 0.15) is 22.8 Å². The van der Waals surface area contributed by atoms with E-state index in [4.69, 9.17) is 0 Å². The quantitative estimate of drug-likeness (QED) is 0.665. The molecule has 0 saturated carbocycles. The summed E-state index contributed by atoms with van der Waals surface area (Å²) in [6.07, 6.45) is 0. The molecule has 1 unspecified atom stereocenters. The number of benzene rings is 2. The molecular weight excluding hydrogens is 338 g/mol. The number of likely N-dealkylation sites (N-methyl/N-ethyl adjacent to an activating group) is 1. The van der Waals surface area contributed by atoms with Crippen LogP contribution < -0.4 is 15.4 Å². The summed E-state index contributed by atoms with van der Waals surface area (Å²) >= 11 is 0. The normalized spacial score (nSPS) is 12.6. The van der Waals surface area contributed by atoms with Crippen molar-refractivity contribution in [2.24, 2.45) is 0 Å². The zero-order chi connectivity index (χ0) is 18.3. The summed E-state index contributed by atoms with van der Waals surface area (Å²) in [6.45, 7) is 2.59. The molecule has 0 bridgehead atoms. The maximum atomic E-state index is 12.4. The van der Waals surface area contributed by atoms with Crippen LogP contribution in [-0.2, 0) is 16.6 Å². The average molecular weight is 361 g/mol. The van der Waals surface area contributed by atoms with Crippen molar-refractivity contribution in [3.8, 4) is 0 Å². The van der Waals surface area contributed by atoms with Gasteiger partial charge in [0.25, 0.3) is 5.91 Å². The Hall–Kier alpha value is -2.22. The molecule has 0 aliphatic carbocycles. The van der Waals surface area contributed by atoms with Crippen LogP contribution in [0.3, 0.4) is 0 Å². The molecule has 0 spiro atoms. The predicted octanol–water partition coefficient (Wildman–Crippen LogP) is 1.50. The van der Waals surface area contributed by atoms with Gasteiger partial charge in [-0.2, -0.15) is 0 Å². The first-order valence-electron chi connectivity index (χ1n) is 8.01. The molecule has 25 heavy (non-hydrogen) atoms. The van der Waals surface area contributed by atoms with Crippen molar-refractivity contribution in [2.75, 3.05) is 13.6 Å². The van der Waals surface area contributed by atoms with Crippen LogP contribution in [0.15, 0.2) is 59.5 Å². The number of rotatable bonds is 8. The second-order valence-electron chi connectivity index (χ2n) is 5.74. The highest BCUT2D eigenvalue weighted by molar-refractivity contribution is 7.89. The minimum atomic E-state index is -3.69. The zero-order valence-electron chi connectivity index (χ0n) is 14.3. The van der Waals surface area contributed by atoms with Crippen molar-refractivity contribution >= 4 is 15.9 Å². The summed E-state index contributed by atoms with van der Waals surface area (Å²) in [6, 6.07) is 15.4. The van der Waals surface area contributed by atoms with Crippen molar-refractivity contribution in [3.05, 3.63) is 65.7 Å². The zero-order valence-corrected chi connectivity index (χ0v) is 15.1. The van der Waals surface area contributed by atoms with Gasteiger partial charge in [-0.3, -0.25) is 4.79 Å². The van der Waals surface area contributed by atoms with E-state index in [0.29, 0.717) is 12.1 Å². The summed E-state index contributed by atoms with van der Waals surface area (Å²) in [7, 11) is -1.88. The van der Waals surface area contributed by atoms with Crippen LogP contribution in [0.2, 0.25) is 0 Å². The summed E-state index contributed by atoms with van der Waals surface area (Å²) in [5, 5.41) is 5.79. The number of carbonyl (C=O) groups excluding carboxylic acids is 1. The molecule has 2 aromatic carbocycles. The molecule has 1 atom stereocenters. The highest BCUT2D eigenvalue weighted by Crippen LogP contribution is 2.12. The highest BCUT2D eigenvalue weighted by Gasteiger charge is 2.16. The van der Waals surface area contributed by atoms with E-state index >= 15 is 0 Å². The van der Waals surface area contributed by atoms with Gasteiger partial charge in [0.05, 0.1) is 4.90 Å². The van der Waals surface area contributed by atoms with E-state index in [1.807, 2.05) is 44.3 Å². The van der Waals surface area contributed by atoms with E-state index in [9.17, 15) is 13.2 Å². The van der Waals surface area contributed by atoms with Crippen LogP contribution in [0, 0.1) is 0 Å². The SMILES string of the molecule is CNC(C)CNC(=O)c1cccc(S(=O)(=O)NCc2ccccc2)c1. The largest absolute Gasteiger partial charge is 0.350 e. The number of hydrogen-bond donors (Lipinski definition) is 3. The topological polar surface area (TPSA) is 87.3 Å². The summed E-state index contributed by atoms with van der Waals surface area (Å²) in [5.41, 5.74) is 1.17. The van der Waals surface area contributed by atoms with Gasteiger partial charge < -0.3 is 10.6 Å². The summed E-state index contributed by atoms with van der Waals surface area (Å²) in [5.74, 6) is -0.304. The highest BCUT2D eigenvalue weighted by atomic mass is 32.2. The van der Waals surface area contributed by atoms with E-state index in [1.54, 1.807) is 12.1 Å². The van der Waals surface area contributed by atoms with Gasteiger partial charge >= 0.3 is 0 Å². The van der Waals surface area contributed by atoms with Crippen molar-refractivity contribution in [1.29, 1.82) is 0 Å². The summed E-state index contributed by atoms with van der Waals surface area (Å²) < 4.78 is 27.4. The van der Waals surface area contributed by atoms with Crippen molar-refractivity contribution in [3.63, 3.8) is 0 Å². The Labute approximate surface area is 148 Å². The summed E-state index contributed by atoms with van der Waals surface area (Å²) in [4.78, 5) is 12.2. The fourth-order valence-corrected chi connectivity index (χ4v) is 3.18. The molecule has 0 saturated heterocycles. The molecule has 7 heteroatoms. The molecule has 3 N–H and O–H groups in total. The molecule has 0 radical (unpaired) electrons. The Balaban J connectivity index is 2.07. The molecular formula is C18H23N3O3S. The first-order valence-corrected chi connectivity index (χ1v) is 9.50. The standard InChI is InChI=1S/C18H23N3O3S/c1-14(19-2)12-20-18(22)16-9-6-10-17(11-16)25(23,24)21-13-15-7-4-3-5-8-15/h3-11,14,19,21H,12-13H2,1-2H3,(H,20,22). The molecule has 0 aliphatic heterocycles. The fraction of sp³-hybridized carbons (Fsp3) is 0.278. The minimum absolute atomic E-state index is 0.0674. The Morgan fingerprint density at radius 1 is 1.08 bits per heavy atom.